The number of benzene rings is 1. The molecule has 1 unspecified atom stereocenters. The van der Waals surface area contributed by atoms with Gasteiger partial charge in [0.25, 0.3) is 0 Å². The summed E-state index contributed by atoms with van der Waals surface area (Å²) in [6.07, 6.45) is 3.56. The first kappa shape index (κ1) is 14.8. The van der Waals surface area contributed by atoms with Gasteiger partial charge in [-0.15, -0.1) is 0 Å². The van der Waals surface area contributed by atoms with Crippen LogP contribution in [0, 0.1) is 11.3 Å². The molecule has 120 valence electrons. The van der Waals surface area contributed by atoms with Crippen LogP contribution in [0.1, 0.15) is 11.6 Å². The summed E-state index contributed by atoms with van der Waals surface area (Å²) in [5.41, 5.74) is 3.90. The predicted octanol–water partition coefficient (Wildman–Crippen LogP) is 2.52. The monoisotopic (exact) mass is 319 g/mol. The number of pyridine rings is 1. The summed E-state index contributed by atoms with van der Waals surface area (Å²) < 4.78 is 5.39. The first-order valence-electron chi connectivity index (χ1n) is 7.96. The molecule has 1 atom stereocenters. The van der Waals surface area contributed by atoms with Gasteiger partial charge in [0.1, 0.15) is 6.04 Å². The van der Waals surface area contributed by atoms with Crippen LogP contribution < -0.4 is 0 Å². The van der Waals surface area contributed by atoms with Gasteiger partial charge in [0.15, 0.2) is 5.65 Å². The van der Waals surface area contributed by atoms with E-state index in [9.17, 15) is 5.26 Å². The van der Waals surface area contributed by atoms with Crippen LogP contribution in [-0.2, 0) is 4.74 Å². The molecule has 0 amide bonds. The fraction of sp³-hybridized carbons (Fsp3) is 0.278. The molecular formula is C18H17N5O. The number of nitrogens with zero attached hydrogens (tertiary/aromatic N) is 4. The molecule has 1 saturated heterocycles. The van der Waals surface area contributed by atoms with Crippen molar-refractivity contribution < 1.29 is 4.74 Å². The summed E-state index contributed by atoms with van der Waals surface area (Å²) in [4.78, 5) is 6.45. The molecule has 3 heterocycles. The van der Waals surface area contributed by atoms with Gasteiger partial charge in [-0.1, -0.05) is 18.2 Å². The Morgan fingerprint density at radius 3 is 2.96 bits per heavy atom. The second kappa shape index (κ2) is 6.40. The molecule has 6 heteroatoms. The highest BCUT2D eigenvalue weighted by Crippen LogP contribution is 2.30. The fourth-order valence-corrected chi connectivity index (χ4v) is 3.18. The van der Waals surface area contributed by atoms with Gasteiger partial charge >= 0.3 is 0 Å². The zero-order valence-corrected chi connectivity index (χ0v) is 13.1. The average Bonchev–Trinajstić information content (AvgIpc) is 3.12. The lowest BCUT2D eigenvalue weighted by molar-refractivity contribution is 0.0266. The minimum atomic E-state index is -0.254. The van der Waals surface area contributed by atoms with E-state index in [4.69, 9.17) is 4.74 Å². The molecule has 0 spiro atoms. The van der Waals surface area contributed by atoms with E-state index in [1.165, 1.54) is 0 Å². The number of hydrogen-bond donors (Lipinski definition) is 1. The normalized spacial score (nSPS) is 16.8. The number of morpholine rings is 1. The second-order valence-corrected chi connectivity index (χ2v) is 5.80. The minimum absolute atomic E-state index is 0.254. The number of aromatic amines is 1. The Morgan fingerprint density at radius 1 is 1.25 bits per heavy atom. The molecule has 1 fully saturated rings. The van der Waals surface area contributed by atoms with Crippen molar-refractivity contribution >= 4 is 11.0 Å². The third-order valence-corrected chi connectivity index (χ3v) is 4.40. The molecule has 1 aliphatic rings. The lowest BCUT2D eigenvalue weighted by Gasteiger charge is -2.30. The number of fused-ring (bicyclic) bond motifs is 1. The van der Waals surface area contributed by atoms with Gasteiger partial charge in [-0.25, -0.2) is 4.98 Å². The maximum absolute atomic E-state index is 9.67. The van der Waals surface area contributed by atoms with Crippen LogP contribution in [0.15, 0.2) is 42.7 Å². The van der Waals surface area contributed by atoms with Crippen molar-refractivity contribution in [1.82, 2.24) is 20.1 Å². The van der Waals surface area contributed by atoms with Crippen LogP contribution in [0.25, 0.3) is 22.2 Å². The largest absolute Gasteiger partial charge is 0.379 e. The summed E-state index contributed by atoms with van der Waals surface area (Å²) in [6.45, 7) is 2.92. The summed E-state index contributed by atoms with van der Waals surface area (Å²) in [7, 11) is 0. The summed E-state index contributed by atoms with van der Waals surface area (Å²) in [5, 5.41) is 17.6. The van der Waals surface area contributed by atoms with E-state index in [0.717, 1.165) is 40.8 Å². The van der Waals surface area contributed by atoms with Crippen LogP contribution in [0.5, 0.6) is 0 Å². The number of ether oxygens (including phenoxy) is 1. The number of H-pyrrole nitrogens is 1. The third-order valence-electron chi connectivity index (χ3n) is 4.40. The van der Waals surface area contributed by atoms with Crippen molar-refractivity contribution in [3.8, 4) is 17.2 Å². The van der Waals surface area contributed by atoms with Crippen molar-refractivity contribution in [3.05, 3.63) is 48.3 Å². The van der Waals surface area contributed by atoms with Crippen LogP contribution in [-0.4, -0.2) is 46.4 Å². The van der Waals surface area contributed by atoms with E-state index in [-0.39, 0.29) is 6.04 Å². The molecule has 6 nitrogen and oxygen atoms in total. The average molecular weight is 319 g/mol. The van der Waals surface area contributed by atoms with Crippen LogP contribution in [0.2, 0.25) is 0 Å². The van der Waals surface area contributed by atoms with E-state index in [2.05, 4.69) is 38.3 Å². The molecule has 24 heavy (non-hydrogen) atoms. The van der Waals surface area contributed by atoms with Gasteiger partial charge in [0, 0.05) is 24.7 Å². The van der Waals surface area contributed by atoms with Crippen LogP contribution in [0.4, 0.5) is 0 Å². The van der Waals surface area contributed by atoms with Crippen molar-refractivity contribution in [2.45, 2.75) is 6.04 Å². The standard InChI is InChI=1S/C18H17N5O/c19-11-17(23-6-8-24-9-7-23)14-3-1-2-13(10-14)15-4-5-20-18-16(15)12-21-22-18/h1-5,10,12,17H,6-9H2,(H,20,21,22). The van der Waals surface area contributed by atoms with Crippen LogP contribution >= 0.6 is 0 Å². The smallest absolute Gasteiger partial charge is 0.155 e. The highest BCUT2D eigenvalue weighted by molar-refractivity contribution is 5.92. The molecule has 0 radical (unpaired) electrons. The molecule has 4 rings (SSSR count). The summed E-state index contributed by atoms with van der Waals surface area (Å²) >= 11 is 0. The molecule has 0 saturated carbocycles. The Balaban J connectivity index is 1.73. The quantitative estimate of drug-likeness (QED) is 0.802. The first-order valence-corrected chi connectivity index (χ1v) is 7.96. The molecule has 0 aliphatic carbocycles. The molecule has 1 aliphatic heterocycles. The van der Waals surface area contributed by atoms with Crippen molar-refractivity contribution in [2.75, 3.05) is 26.3 Å². The van der Waals surface area contributed by atoms with Gasteiger partial charge < -0.3 is 4.74 Å². The van der Waals surface area contributed by atoms with Gasteiger partial charge in [0.05, 0.1) is 25.5 Å². The second-order valence-electron chi connectivity index (χ2n) is 5.80. The maximum Gasteiger partial charge on any atom is 0.155 e. The van der Waals surface area contributed by atoms with E-state index < -0.39 is 0 Å². The van der Waals surface area contributed by atoms with Gasteiger partial charge in [-0.05, 0) is 28.8 Å². The number of aromatic nitrogens is 3. The zero-order chi connectivity index (χ0) is 16.4. The van der Waals surface area contributed by atoms with Crippen molar-refractivity contribution in [3.63, 3.8) is 0 Å². The van der Waals surface area contributed by atoms with Gasteiger partial charge in [-0.3, -0.25) is 10.00 Å². The molecule has 0 bridgehead atoms. The Labute approximate surface area is 139 Å². The van der Waals surface area contributed by atoms with E-state index in [1.807, 2.05) is 18.2 Å². The minimum Gasteiger partial charge on any atom is -0.379 e. The molecule has 3 aromatic rings. The molecular weight excluding hydrogens is 302 g/mol. The predicted molar refractivity (Wildman–Crippen MR) is 90.1 cm³/mol. The number of rotatable bonds is 3. The fourth-order valence-electron chi connectivity index (χ4n) is 3.18. The van der Waals surface area contributed by atoms with E-state index in [1.54, 1.807) is 12.4 Å². The summed E-state index contributed by atoms with van der Waals surface area (Å²) in [5.74, 6) is 0. The molecule has 2 aromatic heterocycles. The zero-order valence-electron chi connectivity index (χ0n) is 13.1. The third kappa shape index (κ3) is 2.64. The number of nitrogens with one attached hydrogen (secondary N) is 1. The lowest BCUT2D eigenvalue weighted by Crippen LogP contribution is -2.38. The Morgan fingerprint density at radius 2 is 2.12 bits per heavy atom. The Bertz CT molecular complexity index is 892. The molecule has 1 aromatic carbocycles. The van der Waals surface area contributed by atoms with Crippen LogP contribution in [0.3, 0.4) is 0 Å². The molecule has 1 N–H and O–H groups in total. The Hall–Kier alpha value is -2.75. The topological polar surface area (TPSA) is 77.8 Å². The van der Waals surface area contributed by atoms with Gasteiger partial charge in [0.2, 0.25) is 0 Å². The van der Waals surface area contributed by atoms with Gasteiger partial charge in [-0.2, -0.15) is 10.4 Å². The van der Waals surface area contributed by atoms with Crippen molar-refractivity contribution in [2.24, 2.45) is 0 Å². The van der Waals surface area contributed by atoms with E-state index in [0.29, 0.717) is 13.2 Å². The SMILES string of the molecule is N#CC(c1cccc(-c2ccnc3[nH]ncc23)c1)N1CCOCC1. The highest BCUT2D eigenvalue weighted by Gasteiger charge is 2.22. The maximum atomic E-state index is 9.67. The lowest BCUT2D eigenvalue weighted by atomic mass is 9.98. The first-order chi connectivity index (χ1) is 11.9. The number of hydrogen-bond acceptors (Lipinski definition) is 5. The number of nitriles is 1. The van der Waals surface area contributed by atoms with Crippen molar-refractivity contribution in [1.29, 1.82) is 5.26 Å². The Kier molecular flexibility index (Phi) is 3.95. The highest BCUT2D eigenvalue weighted by atomic mass is 16.5. The summed E-state index contributed by atoms with van der Waals surface area (Å²) in [6, 6.07) is 12.3. The van der Waals surface area contributed by atoms with E-state index >= 15 is 0 Å².